The van der Waals surface area contributed by atoms with Gasteiger partial charge in [0.15, 0.2) is 0 Å². The van der Waals surface area contributed by atoms with Crippen LogP contribution in [-0.2, 0) is 48.1 Å². The molecule has 0 unspecified atom stereocenters. The summed E-state index contributed by atoms with van der Waals surface area (Å²) in [5.74, 6) is 2.02. The first kappa shape index (κ1) is 51.1. The van der Waals surface area contributed by atoms with E-state index in [1.807, 2.05) is 16.8 Å². The van der Waals surface area contributed by atoms with Crippen LogP contribution in [-0.4, -0.2) is 14.1 Å². The van der Waals surface area contributed by atoms with Crippen molar-refractivity contribution < 1.29 is 30.4 Å². The smallest absolute Gasteiger partial charge is 0.267 e. The van der Waals surface area contributed by atoms with Crippen LogP contribution in [0.5, 0.6) is 11.5 Å². The van der Waals surface area contributed by atoms with Crippen LogP contribution >= 0.6 is 0 Å². The number of hydrogen-bond donors (Lipinski definition) is 0. The molecule has 3 aromatic heterocycles. The molecule has 6 heteroatoms. The second-order valence-corrected chi connectivity index (χ2v) is 23.2. The summed E-state index contributed by atoms with van der Waals surface area (Å²) in [6.45, 7) is 27.3. The molecule has 0 aliphatic rings. The van der Waals surface area contributed by atoms with Crippen LogP contribution in [0.2, 0.25) is 0 Å². The Balaban J connectivity index is 0.00000656. The van der Waals surface area contributed by atoms with Crippen molar-refractivity contribution in [3.63, 3.8) is 0 Å². The van der Waals surface area contributed by atoms with Crippen LogP contribution in [0.15, 0.2) is 182 Å². The van der Waals surface area contributed by atoms with Crippen LogP contribution in [0.25, 0.3) is 39.0 Å². The Labute approximate surface area is 447 Å². The summed E-state index contributed by atoms with van der Waals surface area (Å²) in [6, 6.07) is 66.4. The third kappa shape index (κ3) is 9.89. The van der Waals surface area contributed by atoms with Crippen molar-refractivity contribution in [1.29, 1.82) is 0 Å². The van der Waals surface area contributed by atoms with Gasteiger partial charge in [-0.15, -0.1) is 35.2 Å². The molecule has 0 saturated heterocycles. The van der Waals surface area contributed by atoms with Crippen LogP contribution in [0.4, 0.5) is 0 Å². The number of aromatic nitrogens is 4. The molecule has 3 heterocycles. The van der Waals surface area contributed by atoms with Gasteiger partial charge in [-0.1, -0.05) is 198 Å². The van der Waals surface area contributed by atoms with E-state index in [9.17, 15) is 0 Å². The maximum Gasteiger partial charge on any atom is 0.267 e. The Bertz CT molecular complexity index is 3520. The molecule has 0 aliphatic heterocycles. The molecule has 0 N–H and O–H groups in total. The molecular weight excluding hydrogens is 1070 g/mol. The Kier molecular flexibility index (Phi) is 13.5. The maximum absolute atomic E-state index is 6.97. The summed E-state index contributed by atoms with van der Waals surface area (Å²) in [4.78, 5) is 4.97. The first-order valence-electron chi connectivity index (χ1n) is 25.3. The number of nitrogens with zero attached hydrogens (tertiary/aromatic N) is 4. The predicted molar refractivity (Wildman–Crippen MR) is 296 cm³/mol. The van der Waals surface area contributed by atoms with Crippen LogP contribution < -0.4 is 9.30 Å². The zero-order valence-electron chi connectivity index (χ0n) is 44.3. The van der Waals surface area contributed by atoms with Gasteiger partial charge in [-0.25, -0.2) is 4.98 Å². The largest absolute Gasteiger partial charge is 0.510 e. The second kappa shape index (κ2) is 19.2. The standard InChI is InChI=1S/C67H66N4O.Pt/c1-63(2,3)49-28-31-60-59(41-49)58-30-29-56(44-61(58)71(60)62-42-50(32-33-68-62)64(4,5)6)72-57-40-53(67(11,12)48-26-20-15-21-27-48)39-55(43-57)70-35-34-69(45-70)54-37-51(65(7,8)46-22-16-13-17-23-46)36-52(38-54)66(9,10)47-24-18-14-19-25-47;/h13-42H,1-12H3;/q-2;. The van der Waals surface area contributed by atoms with Gasteiger partial charge in [-0.3, -0.25) is 4.57 Å². The fraction of sp³-hybridized carbons (Fsp3) is 0.254. The summed E-state index contributed by atoms with van der Waals surface area (Å²) in [5, 5.41) is 2.25. The van der Waals surface area contributed by atoms with Crippen molar-refractivity contribution in [2.75, 3.05) is 0 Å². The third-order valence-electron chi connectivity index (χ3n) is 15.1. The minimum atomic E-state index is -0.379. The third-order valence-corrected chi connectivity index (χ3v) is 15.1. The molecule has 0 fully saturated rings. The Morgan fingerprint density at radius 3 is 1.55 bits per heavy atom. The molecule has 0 radical (unpaired) electrons. The summed E-state index contributed by atoms with van der Waals surface area (Å²) >= 11 is 0. The van der Waals surface area contributed by atoms with E-state index in [1.54, 1.807) is 0 Å². The van der Waals surface area contributed by atoms with Gasteiger partial charge in [-0.2, -0.15) is 12.1 Å². The molecular formula is C67H66N4OPt-2. The van der Waals surface area contributed by atoms with Crippen molar-refractivity contribution in [2.45, 2.75) is 110 Å². The number of pyridine rings is 1. The van der Waals surface area contributed by atoms with E-state index < -0.39 is 0 Å². The van der Waals surface area contributed by atoms with Crippen LogP contribution in [0.3, 0.4) is 0 Å². The molecule has 0 amide bonds. The van der Waals surface area contributed by atoms with Gasteiger partial charge < -0.3 is 13.9 Å². The van der Waals surface area contributed by atoms with Crippen LogP contribution in [0.1, 0.15) is 128 Å². The number of fused-ring (bicyclic) bond motifs is 3. The van der Waals surface area contributed by atoms with E-state index >= 15 is 0 Å². The van der Waals surface area contributed by atoms with Crippen molar-refractivity contribution in [3.05, 3.63) is 245 Å². The van der Waals surface area contributed by atoms with Crippen molar-refractivity contribution >= 4 is 21.8 Å². The number of hydrogen-bond acceptors (Lipinski definition) is 2. The Morgan fingerprint density at radius 1 is 0.466 bits per heavy atom. The molecule has 7 aromatic carbocycles. The Hall–Kier alpha value is -6.81. The predicted octanol–water partition coefficient (Wildman–Crippen LogP) is 16.0. The molecule has 0 spiro atoms. The minimum Gasteiger partial charge on any atom is -0.510 e. The molecule has 10 rings (SSSR count). The fourth-order valence-electron chi connectivity index (χ4n) is 10.0. The van der Waals surface area contributed by atoms with E-state index in [2.05, 4.69) is 281 Å². The zero-order chi connectivity index (χ0) is 50.8. The molecule has 73 heavy (non-hydrogen) atoms. The average molecular weight is 1140 g/mol. The number of rotatable bonds is 11. The van der Waals surface area contributed by atoms with Crippen molar-refractivity contribution in [3.8, 4) is 28.7 Å². The molecule has 0 aliphatic carbocycles. The van der Waals surface area contributed by atoms with Crippen molar-refractivity contribution in [2.24, 2.45) is 0 Å². The molecule has 372 valence electrons. The Morgan fingerprint density at radius 2 is 1.00 bits per heavy atom. The molecule has 5 nitrogen and oxygen atoms in total. The molecule has 10 aromatic rings. The van der Waals surface area contributed by atoms with Gasteiger partial charge in [0, 0.05) is 67.5 Å². The summed E-state index contributed by atoms with van der Waals surface area (Å²) in [5.41, 5.74) is 12.6. The molecule has 0 atom stereocenters. The van der Waals surface area contributed by atoms with Gasteiger partial charge in [0.2, 0.25) is 0 Å². The second-order valence-electron chi connectivity index (χ2n) is 23.2. The van der Waals surface area contributed by atoms with E-state index in [0.717, 1.165) is 44.6 Å². The maximum atomic E-state index is 6.97. The summed E-state index contributed by atoms with van der Waals surface area (Å²) in [7, 11) is 0. The number of benzene rings is 7. The van der Waals surface area contributed by atoms with E-state index in [-0.39, 0.29) is 48.1 Å². The molecule has 0 bridgehead atoms. The minimum absolute atomic E-state index is 0. The van der Waals surface area contributed by atoms with E-state index in [0.29, 0.717) is 11.5 Å². The van der Waals surface area contributed by atoms with Gasteiger partial charge in [-0.05, 0) is 96.6 Å². The number of ether oxygens (including phenoxy) is 1. The van der Waals surface area contributed by atoms with Gasteiger partial charge in [0.25, 0.3) is 6.33 Å². The first-order chi connectivity index (χ1) is 34.2. The van der Waals surface area contributed by atoms with Crippen molar-refractivity contribution in [1.82, 2.24) is 14.1 Å². The summed E-state index contributed by atoms with van der Waals surface area (Å²) in [6.07, 6.45) is 9.79. The normalized spacial score (nSPS) is 12.5. The SMILES string of the molecule is CC(C)(C)c1ccnc(-n2c3[c-]c(Oc4[c-]c(-n5[c-][n+](-c6cc(C(C)(C)c7ccccc7)cc(C(C)(C)c7ccccc7)c6)cc5)cc(C(C)(C)c5ccccc5)c4)ccc3c3cc(C(C)(C)C)ccc32)c1.[Pt]. The quantitative estimate of drug-likeness (QED) is 0.0956. The summed E-state index contributed by atoms with van der Waals surface area (Å²) < 4.78 is 13.3. The van der Waals surface area contributed by atoms with Gasteiger partial charge >= 0.3 is 0 Å². The number of imidazole rings is 1. The van der Waals surface area contributed by atoms with Gasteiger partial charge in [0.1, 0.15) is 5.82 Å². The van der Waals surface area contributed by atoms with Gasteiger partial charge in [0.05, 0.1) is 5.69 Å². The van der Waals surface area contributed by atoms with E-state index in [1.165, 1.54) is 38.9 Å². The van der Waals surface area contributed by atoms with E-state index in [4.69, 9.17) is 9.72 Å². The average Bonchev–Trinajstić information content (AvgIpc) is 4.00. The monoisotopic (exact) mass is 1140 g/mol. The molecule has 0 saturated carbocycles. The van der Waals surface area contributed by atoms with Crippen LogP contribution in [0, 0.1) is 18.5 Å². The zero-order valence-corrected chi connectivity index (χ0v) is 46.6. The topological polar surface area (TPSA) is 35.9 Å². The first-order valence-corrected chi connectivity index (χ1v) is 25.3. The fourth-order valence-corrected chi connectivity index (χ4v) is 10.0.